The van der Waals surface area contributed by atoms with Gasteiger partial charge in [-0.1, -0.05) is 17.7 Å². The van der Waals surface area contributed by atoms with Crippen molar-refractivity contribution in [1.82, 2.24) is 39.9 Å². The number of nitrogens with zero attached hydrogens (tertiary/aromatic N) is 8. The summed E-state index contributed by atoms with van der Waals surface area (Å²) in [6.45, 7) is 5.13. The van der Waals surface area contributed by atoms with Crippen LogP contribution in [0.1, 0.15) is 50.8 Å². The Morgan fingerprint density at radius 1 is 1.06 bits per heavy atom. The first-order chi connectivity index (χ1) is 17.6. The number of piperidine rings is 1. The lowest BCUT2D eigenvalue weighted by Crippen LogP contribution is -2.47. The summed E-state index contributed by atoms with van der Waals surface area (Å²) in [6, 6.07) is 11.4. The van der Waals surface area contributed by atoms with E-state index in [0.29, 0.717) is 23.1 Å². The van der Waals surface area contributed by atoms with Crippen molar-refractivity contribution in [3.8, 4) is 11.4 Å². The zero-order chi connectivity index (χ0) is 24.5. The highest BCUT2D eigenvalue weighted by atomic mass is 16.1. The number of hydrogen-bond acceptors (Lipinski definition) is 8. The molecule has 0 bridgehead atoms. The highest BCUT2D eigenvalue weighted by Crippen LogP contribution is 2.26. The van der Waals surface area contributed by atoms with Gasteiger partial charge in [0.25, 0.3) is 5.56 Å². The third kappa shape index (κ3) is 4.60. The van der Waals surface area contributed by atoms with Crippen molar-refractivity contribution in [2.45, 2.75) is 51.1 Å². The minimum absolute atomic E-state index is 0.155. The van der Waals surface area contributed by atoms with E-state index >= 15 is 0 Å². The van der Waals surface area contributed by atoms with Crippen LogP contribution in [0.3, 0.4) is 0 Å². The van der Waals surface area contributed by atoms with Gasteiger partial charge < -0.3 is 10.2 Å². The lowest BCUT2D eigenvalue weighted by molar-refractivity contribution is 0.280. The van der Waals surface area contributed by atoms with E-state index in [-0.39, 0.29) is 11.6 Å². The molecule has 10 heteroatoms. The standard InChI is InChI=1S/C26H31N9O/c1-18(35-17-23(30-32-35)22-14-26(36)34-13-3-2-9-24(34)28-22)21-10-11-25(31-29-21)33-12-5-8-20(16-33)27-15-19-6-4-7-19/h2-3,9-11,13-14,17-20,27H,4-8,12,15-16H2,1H3/t18?,20-/m1/s1. The first-order valence-electron chi connectivity index (χ1n) is 12.9. The minimum Gasteiger partial charge on any atom is -0.354 e. The van der Waals surface area contributed by atoms with E-state index in [0.717, 1.165) is 43.5 Å². The Balaban J connectivity index is 1.13. The van der Waals surface area contributed by atoms with E-state index in [4.69, 9.17) is 0 Å². The van der Waals surface area contributed by atoms with Gasteiger partial charge >= 0.3 is 0 Å². The highest BCUT2D eigenvalue weighted by molar-refractivity contribution is 5.56. The van der Waals surface area contributed by atoms with E-state index in [1.165, 1.54) is 36.2 Å². The average molecular weight is 486 g/mol. The van der Waals surface area contributed by atoms with E-state index in [9.17, 15) is 4.79 Å². The molecule has 2 atom stereocenters. The molecule has 1 saturated carbocycles. The van der Waals surface area contributed by atoms with Gasteiger partial charge in [-0.2, -0.15) is 5.10 Å². The molecule has 186 valence electrons. The van der Waals surface area contributed by atoms with Crippen LogP contribution in [-0.4, -0.2) is 60.3 Å². The Kier molecular flexibility index (Phi) is 6.18. The molecule has 5 heterocycles. The summed E-state index contributed by atoms with van der Waals surface area (Å²) in [5.74, 6) is 1.79. The van der Waals surface area contributed by atoms with Gasteiger partial charge in [-0.05, 0) is 69.3 Å². The maximum atomic E-state index is 12.4. The van der Waals surface area contributed by atoms with Crippen LogP contribution in [-0.2, 0) is 0 Å². The molecule has 36 heavy (non-hydrogen) atoms. The smallest absolute Gasteiger partial charge is 0.258 e. The van der Waals surface area contributed by atoms with Crippen LogP contribution in [0.2, 0.25) is 0 Å². The number of hydrogen-bond donors (Lipinski definition) is 1. The SMILES string of the molecule is CC(c1ccc(N2CCC[C@@H](NCC3CCC3)C2)nn1)n1cc(-c2cc(=O)n3ccccc3n2)nn1. The van der Waals surface area contributed by atoms with Gasteiger partial charge in [-0.15, -0.1) is 10.2 Å². The predicted octanol–water partition coefficient (Wildman–Crippen LogP) is 2.71. The van der Waals surface area contributed by atoms with E-state index < -0.39 is 0 Å². The molecule has 4 aromatic rings. The van der Waals surface area contributed by atoms with Crippen LogP contribution in [0.5, 0.6) is 0 Å². The lowest BCUT2D eigenvalue weighted by Gasteiger charge is -2.35. The van der Waals surface area contributed by atoms with Crippen LogP contribution in [0.15, 0.2) is 53.6 Å². The maximum Gasteiger partial charge on any atom is 0.258 e. The molecule has 0 spiro atoms. The van der Waals surface area contributed by atoms with Gasteiger partial charge in [0.1, 0.15) is 17.0 Å². The summed E-state index contributed by atoms with van der Waals surface area (Å²) in [5.41, 5.74) is 2.26. The molecule has 2 fully saturated rings. The molecule has 0 radical (unpaired) electrons. The van der Waals surface area contributed by atoms with Crippen LogP contribution in [0.25, 0.3) is 17.0 Å². The highest BCUT2D eigenvalue weighted by Gasteiger charge is 2.24. The molecular weight excluding hydrogens is 454 g/mol. The zero-order valence-electron chi connectivity index (χ0n) is 20.5. The second-order valence-electron chi connectivity index (χ2n) is 9.97. The van der Waals surface area contributed by atoms with Crippen molar-refractivity contribution in [1.29, 1.82) is 0 Å². The van der Waals surface area contributed by atoms with Crippen LogP contribution in [0, 0.1) is 5.92 Å². The number of fused-ring (bicyclic) bond motifs is 1. The molecule has 1 aliphatic heterocycles. The quantitative estimate of drug-likeness (QED) is 0.426. The topological polar surface area (TPSA) is 106 Å². The zero-order valence-corrected chi connectivity index (χ0v) is 20.5. The van der Waals surface area contributed by atoms with Crippen molar-refractivity contribution in [3.05, 3.63) is 64.8 Å². The van der Waals surface area contributed by atoms with Crippen molar-refractivity contribution < 1.29 is 0 Å². The molecule has 0 aromatic carbocycles. The van der Waals surface area contributed by atoms with Crippen molar-refractivity contribution in [3.63, 3.8) is 0 Å². The van der Waals surface area contributed by atoms with Gasteiger partial charge in [0.2, 0.25) is 0 Å². The Labute approximate surface area is 209 Å². The number of pyridine rings is 1. The van der Waals surface area contributed by atoms with Crippen molar-refractivity contribution >= 4 is 11.5 Å². The molecule has 1 N–H and O–H groups in total. The number of anilines is 1. The summed E-state index contributed by atoms with van der Waals surface area (Å²) >= 11 is 0. The van der Waals surface area contributed by atoms with Crippen LogP contribution < -0.4 is 15.8 Å². The fourth-order valence-electron chi connectivity index (χ4n) is 5.01. The summed E-state index contributed by atoms with van der Waals surface area (Å²) in [7, 11) is 0. The fraction of sp³-hybridized carbons (Fsp3) is 0.462. The predicted molar refractivity (Wildman–Crippen MR) is 137 cm³/mol. The molecule has 1 saturated heterocycles. The van der Waals surface area contributed by atoms with Crippen molar-refractivity contribution in [2.24, 2.45) is 5.92 Å². The normalized spacial score (nSPS) is 19.4. The first-order valence-corrected chi connectivity index (χ1v) is 12.9. The number of aromatic nitrogens is 7. The molecule has 10 nitrogen and oxygen atoms in total. The van der Waals surface area contributed by atoms with E-state index in [1.807, 2.05) is 19.1 Å². The molecule has 2 aliphatic rings. The van der Waals surface area contributed by atoms with Crippen LogP contribution >= 0.6 is 0 Å². The summed E-state index contributed by atoms with van der Waals surface area (Å²) < 4.78 is 3.23. The first kappa shape index (κ1) is 22.8. The molecule has 1 aliphatic carbocycles. The van der Waals surface area contributed by atoms with Gasteiger partial charge in [0.15, 0.2) is 5.82 Å². The van der Waals surface area contributed by atoms with Gasteiger partial charge in [-0.3, -0.25) is 9.20 Å². The number of rotatable bonds is 7. The second-order valence-corrected chi connectivity index (χ2v) is 9.97. The Hall–Kier alpha value is -3.66. The minimum atomic E-state index is -0.160. The van der Waals surface area contributed by atoms with Crippen LogP contribution in [0.4, 0.5) is 5.82 Å². The molecule has 1 unspecified atom stereocenters. The van der Waals surface area contributed by atoms with Gasteiger partial charge in [0.05, 0.1) is 17.9 Å². The Morgan fingerprint density at radius 2 is 1.97 bits per heavy atom. The largest absolute Gasteiger partial charge is 0.354 e. The fourth-order valence-corrected chi connectivity index (χ4v) is 5.01. The maximum absolute atomic E-state index is 12.4. The molecule has 0 amide bonds. The average Bonchev–Trinajstić information content (AvgIpc) is 3.38. The summed E-state index contributed by atoms with van der Waals surface area (Å²) in [4.78, 5) is 19.3. The second kappa shape index (κ2) is 9.77. The van der Waals surface area contributed by atoms with Gasteiger partial charge in [0, 0.05) is 31.4 Å². The Morgan fingerprint density at radius 3 is 2.78 bits per heavy atom. The summed E-state index contributed by atoms with van der Waals surface area (Å²) in [6.07, 6.45) is 10.0. The van der Waals surface area contributed by atoms with Crippen molar-refractivity contribution in [2.75, 3.05) is 24.5 Å². The number of nitrogens with one attached hydrogen (secondary N) is 1. The van der Waals surface area contributed by atoms with E-state index in [1.54, 1.807) is 29.2 Å². The molecular formula is C26H31N9O. The summed E-state index contributed by atoms with van der Waals surface area (Å²) in [5, 5.41) is 21.4. The molecule has 6 rings (SSSR count). The third-order valence-electron chi connectivity index (χ3n) is 7.50. The monoisotopic (exact) mass is 485 g/mol. The lowest BCUT2D eigenvalue weighted by atomic mass is 9.85. The molecule has 4 aromatic heterocycles. The Bertz CT molecular complexity index is 1390. The third-order valence-corrected chi connectivity index (χ3v) is 7.50. The van der Waals surface area contributed by atoms with E-state index in [2.05, 4.69) is 41.8 Å². The van der Waals surface area contributed by atoms with Gasteiger partial charge in [-0.25, -0.2) is 9.67 Å².